The summed E-state index contributed by atoms with van der Waals surface area (Å²) in [5.74, 6) is 0.567. The fourth-order valence-electron chi connectivity index (χ4n) is 3.48. The topological polar surface area (TPSA) is 68.0 Å². The van der Waals surface area contributed by atoms with Crippen LogP contribution in [0.4, 0.5) is 5.69 Å². The Morgan fingerprint density at radius 3 is 2.69 bits per heavy atom. The summed E-state index contributed by atoms with van der Waals surface area (Å²) < 4.78 is 10.4. The molecule has 0 fully saturated rings. The van der Waals surface area contributed by atoms with E-state index >= 15 is 0 Å². The van der Waals surface area contributed by atoms with E-state index in [4.69, 9.17) is 16.0 Å². The number of hydrogen-bond donors (Lipinski definition) is 1. The first kappa shape index (κ1) is 19.6. The summed E-state index contributed by atoms with van der Waals surface area (Å²) in [5.41, 5.74) is 5.58. The standard InChI is InChI=1S/C22H20ClN3O2S/c1-11-7-16(13(3)25-18-5-6-19(23)26-14(18)4)22-17(8-11)20(27)12(2)21(28-22)15-9-24-29-10-15/h5-10,13,25H,1-4H3/t13-/m1/s1. The van der Waals surface area contributed by atoms with Gasteiger partial charge in [0.15, 0.2) is 5.43 Å². The predicted octanol–water partition coefficient (Wildman–Crippen LogP) is 6.06. The molecular weight excluding hydrogens is 406 g/mol. The van der Waals surface area contributed by atoms with Crippen LogP contribution in [0.1, 0.15) is 35.3 Å². The number of rotatable bonds is 4. The van der Waals surface area contributed by atoms with E-state index in [1.165, 1.54) is 11.5 Å². The van der Waals surface area contributed by atoms with E-state index in [0.29, 0.717) is 27.4 Å². The molecule has 0 aliphatic carbocycles. The Balaban J connectivity index is 1.88. The molecule has 3 aromatic heterocycles. The van der Waals surface area contributed by atoms with Crippen LogP contribution < -0.4 is 10.7 Å². The van der Waals surface area contributed by atoms with Crippen LogP contribution in [0.15, 0.2) is 45.1 Å². The van der Waals surface area contributed by atoms with E-state index in [1.54, 1.807) is 19.2 Å². The Morgan fingerprint density at radius 1 is 1.21 bits per heavy atom. The SMILES string of the molecule is Cc1cc([C@@H](C)Nc2ccc(Cl)nc2C)c2oc(-c3cnsc3)c(C)c(=O)c2c1. The fraction of sp³-hybridized carbons (Fsp3) is 0.227. The number of aromatic nitrogens is 2. The van der Waals surface area contributed by atoms with Crippen molar-refractivity contribution in [2.75, 3.05) is 5.32 Å². The summed E-state index contributed by atoms with van der Waals surface area (Å²) in [6.45, 7) is 7.72. The van der Waals surface area contributed by atoms with Crippen LogP contribution in [0.2, 0.25) is 5.15 Å². The minimum absolute atomic E-state index is 0.0195. The minimum atomic E-state index is -0.113. The van der Waals surface area contributed by atoms with Crippen LogP contribution in [0.5, 0.6) is 0 Å². The molecule has 4 aromatic rings. The van der Waals surface area contributed by atoms with Crippen molar-refractivity contribution in [2.24, 2.45) is 0 Å². The van der Waals surface area contributed by atoms with Gasteiger partial charge in [0, 0.05) is 22.1 Å². The predicted molar refractivity (Wildman–Crippen MR) is 119 cm³/mol. The molecule has 0 unspecified atom stereocenters. The zero-order valence-corrected chi connectivity index (χ0v) is 18.1. The highest BCUT2D eigenvalue weighted by molar-refractivity contribution is 7.03. The molecule has 4 rings (SSSR count). The van der Waals surface area contributed by atoms with Gasteiger partial charge in [-0.2, -0.15) is 0 Å². The molecule has 1 atom stereocenters. The van der Waals surface area contributed by atoms with Gasteiger partial charge in [-0.1, -0.05) is 17.7 Å². The van der Waals surface area contributed by atoms with Gasteiger partial charge in [0.05, 0.1) is 29.0 Å². The van der Waals surface area contributed by atoms with Crippen molar-refractivity contribution in [3.8, 4) is 11.3 Å². The van der Waals surface area contributed by atoms with Gasteiger partial charge in [-0.05, 0) is 63.0 Å². The molecule has 5 nitrogen and oxygen atoms in total. The van der Waals surface area contributed by atoms with Gasteiger partial charge in [-0.25, -0.2) is 9.36 Å². The van der Waals surface area contributed by atoms with E-state index in [2.05, 4.69) is 14.7 Å². The molecule has 148 valence electrons. The van der Waals surface area contributed by atoms with Crippen LogP contribution in [0, 0.1) is 20.8 Å². The summed E-state index contributed by atoms with van der Waals surface area (Å²) in [5, 5.41) is 6.39. The fourth-order valence-corrected chi connectivity index (χ4v) is 4.18. The lowest BCUT2D eigenvalue weighted by atomic mass is 9.99. The zero-order chi connectivity index (χ0) is 20.7. The third-order valence-corrected chi connectivity index (χ3v) is 5.77. The molecule has 0 saturated carbocycles. The number of hydrogen-bond acceptors (Lipinski definition) is 6. The second-order valence-electron chi connectivity index (χ2n) is 7.16. The van der Waals surface area contributed by atoms with Crippen molar-refractivity contribution in [1.82, 2.24) is 9.36 Å². The molecule has 1 N–H and O–H groups in total. The van der Waals surface area contributed by atoms with Crippen molar-refractivity contribution in [2.45, 2.75) is 33.7 Å². The molecule has 29 heavy (non-hydrogen) atoms. The molecule has 0 saturated heterocycles. The molecule has 7 heteroatoms. The maximum absolute atomic E-state index is 13.1. The van der Waals surface area contributed by atoms with Gasteiger partial charge in [-0.3, -0.25) is 4.79 Å². The number of pyridine rings is 1. The van der Waals surface area contributed by atoms with Gasteiger partial charge in [0.1, 0.15) is 16.5 Å². The Labute approximate surface area is 177 Å². The van der Waals surface area contributed by atoms with Gasteiger partial charge in [-0.15, -0.1) is 0 Å². The number of nitrogens with zero attached hydrogens (tertiary/aromatic N) is 2. The largest absolute Gasteiger partial charge is 0.455 e. The number of anilines is 1. The van der Waals surface area contributed by atoms with Crippen LogP contribution in [0.25, 0.3) is 22.3 Å². The van der Waals surface area contributed by atoms with Crippen molar-refractivity contribution in [3.63, 3.8) is 0 Å². The molecular formula is C22H20ClN3O2S. The first-order valence-corrected chi connectivity index (χ1v) is 10.4. The Morgan fingerprint density at radius 2 is 2.00 bits per heavy atom. The number of halogens is 1. The van der Waals surface area contributed by atoms with Gasteiger partial charge >= 0.3 is 0 Å². The maximum atomic E-state index is 13.1. The van der Waals surface area contributed by atoms with Gasteiger partial charge < -0.3 is 9.73 Å². The molecule has 0 spiro atoms. The van der Waals surface area contributed by atoms with Crippen LogP contribution in [-0.2, 0) is 0 Å². The quantitative estimate of drug-likeness (QED) is 0.402. The number of benzene rings is 1. The molecule has 0 amide bonds. The highest BCUT2D eigenvalue weighted by Crippen LogP contribution is 2.32. The van der Waals surface area contributed by atoms with Crippen LogP contribution in [-0.4, -0.2) is 9.36 Å². The smallest absolute Gasteiger partial charge is 0.196 e. The number of aryl methyl sites for hydroxylation is 2. The van der Waals surface area contributed by atoms with Crippen molar-refractivity contribution in [1.29, 1.82) is 0 Å². The van der Waals surface area contributed by atoms with E-state index in [1.807, 2.05) is 44.4 Å². The van der Waals surface area contributed by atoms with Crippen LogP contribution in [0.3, 0.4) is 0 Å². The normalized spacial score (nSPS) is 12.3. The monoisotopic (exact) mass is 425 g/mol. The summed E-state index contributed by atoms with van der Waals surface area (Å²) in [4.78, 5) is 17.4. The van der Waals surface area contributed by atoms with E-state index in [-0.39, 0.29) is 11.5 Å². The zero-order valence-electron chi connectivity index (χ0n) is 16.5. The maximum Gasteiger partial charge on any atom is 0.196 e. The molecule has 1 aromatic carbocycles. The molecule has 0 aliphatic rings. The Kier molecular flexibility index (Phi) is 5.15. The summed E-state index contributed by atoms with van der Waals surface area (Å²) in [6.07, 6.45) is 1.72. The van der Waals surface area contributed by atoms with Crippen molar-refractivity contribution < 1.29 is 4.42 Å². The summed E-state index contributed by atoms with van der Waals surface area (Å²) in [6, 6.07) is 7.48. The summed E-state index contributed by atoms with van der Waals surface area (Å²) in [7, 11) is 0. The van der Waals surface area contributed by atoms with Gasteiger partial charge in [0.2, 0.25) is 0 Å². The summed E-state index contributed by atoms with van der Waals surface area (Å²) >= 11 is 7.30. The molecule has 3 heterocycles. The third-order valence-electron chi connectivity index (χ3n) is 4.98. The first-order chi connectivity index (χ1) is 13.8. The second-order valence-corrected chi connectivity index (χ2v) is 8.21. The lowest BCUT2D eigenvalue weighted by Crippen LogP contribution is -2.13. The minimum Gasteiger partial charge on any atom is -0.455 e. The Bertz CT molecular complexity index is 1270. The molecule has 0 bridgehead atoms. The number of nitrogens with one attached hydrogen (secondary N) is 1. The van der Waals surface area contributed by atoms with Crippen LogP contribution >= 0.6 is 23.1 Å². The second kappa shape index (κ2) is 7.61. The van der Waals surface area contributed by atoms with E-state index in [0.717, 1.165) is 28.1 Å². The lowest BCUT2D eigenvalue weighted by Gasteiger charge is -2.19. The van der Waals surface area contributed by atoms with Crippen molar-refractivity contribution in [3.05, 3.63) is 73.6 Å². The average molecular weight is 426 g/mol. The van der Waals surface area contributed by atoms with E-state index in [9.17, 15) is 4.79 Å². The third kappa shape index (κ3) is 3.66. The average Bonchev–Trinajstić information content (AvgIpc) is 3.21. The molecule has 0 aliphatic heterocycles. The highest BCUT2D eigenvalue weighted by Gasteiger charge is 2.19. The Hall–Kier alpha value is -2.70. The number of fused-ring (bicyclic) bond motifs is 1. The lowest BCUT2D eigenvalue weighted by molar-refractivity contribution is 0.606. The first-order valence-electron chi connectivity index (χ1n) is 9.22. The van der Waals surface area contributed by atoms with E-state index < -0.39 is 0 Å². The molecule has 0 radical (unpaired) electrons. The van der Waals surface area contributed by atoms with Crippen molar-refractivity contribution >= 4 is 39.8 Å². The highest BCUT2D eigenvalue weighted by atomic mass is 35.5. The van der Waals surface area contributed by atoms with Gasteiger partial charge in [0.25, 0.3) is 0 Å².